The van der Waals surface area contributed by atoms with E-state index in [9.17, 15) is 17.7 Å². The van der Waals surface area contributed by atoms with Crippen LogP contribution in [0.1, 0.15) is 136 Å². The number of hydrogen-bond acceptors (Lipinski definition) is 6. The molecule has 0 spiro atoms. The fraction of sp³-hybridized carbons (Fsp3) is 0.875. The molecule has 0 atom stereocenters. The molecule has 0 amide bonds. The van der Waals surface area contributed by atoms with Crippen LogP contribution in [0.3, 0.4) is 0 Å². The van der Waals surface area contributed by atoms with E-state index >= 15 is 0 Å². The molecule has 0 aromatic carbocycles. The van der Waals surface area contributed by atoms with E-state index in [1.807, 2.05) is 0 Å². The molecule has 0 aliphatic carbocycles. The Morgan fingerprint density at radius 1 is 0.516 bits per heavy atom. The summed E-state index contributed by atoms with van der Waals surface area (Å²) in [6.07, 6.45) is 14.2. The van der Waals surface area contributed by atoms with E-state index in [0.717, 1.165) is 77.0 Å². The third-order valence-corrected chi connectivity index (χ3v) is 8.32. The summed E-state index contributed by atoms with van der Waals surface area (Å²) < 4.78 is 22.7. The Balaban J connectivity index is 4.74. The molecule has 0 aliphatic heterocycles. The Hall–Kier alpha value is -0.876. The molecule has 0 rings (SSSR count). The summed E-state index contributed by atoms with van der Waals surface area (Å²) in [7, 11) is 0. The van der Waals surface area contributed by atoms with Gasteiger partial charge in [0.05, 0.1) is 0 Å². The maximum atomic E-state index is 13.2. The van der Waals surface area contributed by atoms with Crippen LogP contribution in [-0.4, -0.2) is 16.0 Å². The van der Waals surface area contributed by atoms with Crippen molar-refractivity contribution in [2.75, 3.05) is 0 Å². The molecular weight excluding hydrogens is 432 g/mol. The first kappa shape index (κ1) is 30.1. The molecule has 0 aromatic heterocycles. The molecule has 0 heterocycles. The third kappa shape index (κ3) is 16.4. The van der Waals surface area contributed by atoms with Crippen molar-refractivity contribution in [1.29, 1.82) is 0 Å². The second-order valence-corrected chi connectivity index (χ2v) is 11.7. The zero-order valence-electron chi connectivity index (χ0n) is 20.2. The van der Waals surface area contributed by atoms with E-state index in [1.165, 1.54) is 0 Å². The topological polar surface area (TPSA) is 86.7 Å². The predicted molar refractivity (Wildman–Crippen MR) is 118 cm³/mol. The molecule has 0 aliphatic rings. The fourth-order valence-corrected chi connectivity index (χ4v) is 5.75. The average molecular weight is 477 g/mol. The minimum absolute atomic E-state index is 0.0285. The predicted octanol–water partition coefficient (Wildman–Crippen LogP) is 7.01. The molecule has 0 fully saturated rings. The van der Waals surface area contributed by atoms with Gasteiger partial charge in [-0.25, -0.2) is 0 Å². The molecule has 0 saturated heterocycles. The molecule has 0 N–H and O–H groups in total. The van der Waals surface area contributed by atoms with E-state index < -0.39 is 33.4 Å². The molecule has 0 bridgehead atoms. The van der Waals surface area contributed by atoms with Crippen molar-refractivity contribution < 1.29 is 41.7 Å². The summed E-state index contributed by atoms with van der Waals surface area (Å²) in [6, 6.07) is 0. The molecule has 31 heavy (non-hydrogen) atoms. The van der Waals surface area contributed by atoms with Gasteiger partial charge in [-0.2, -0.15) is 0 Å². The number of unbranched alkanes of at least 4 members (excludes halogenated alkanes) is 12. The van der Waals surface area contributed by atoms with Gasteiger partial charge in [0.1, 0.15) is 0 Å². The van der Waals surface area contributed by atoms with Gasteiger partial charge in [0, 0.05) is 0 Å². The summed E-state index contributed by atoms with van der Waals surface area (Å²) in [5, 5.41) is 0. The van der Waals surface area contributed by atoms with Gasteiger partial charge in [-0.3, -0.25) is 0 Å². The fourth-order valence-electron chi connectivity index (χ4n) is 3.32. The van der Waals surface area contributed by atoms with Crippen molar-refractivity contribution in [3.05, 3.63) is 0 Å². The monoisotopic (exact) mass is 477 g/mol. The van der Waals surface area contributed by atoms with Gasteiger partial charge in [0.2, 0.25) is 0 Å². The quantitative estimate of drug-likeness (QED) is 0.131. The van der Waals surface area contributed by atoms with Crippen LogP contribution < -0.4 is 0 Å². The van der Waals surface area contributed by atoms with Crippen molar-refractivity contribution >= 4 is 16.0 Å². The summed E-state index contributed by atoms with van der Waals surface area (Å²) >= 11 is -5.39. The molecule has 181 valence electrons. The molecular formula is C24H45O6Ti. The van der Waals surface area contributed by atoms with E-state index in [2.05, 4.69) is 20.8 Å². The van der Waals surface area contributed by atoms with Gasteiger partial charge in [0.15, 0.2) is 0 Å². The van der Waals surface area contributed by atoms with Crippen LogP contribution in [0, 0.1) is 0 Å². The first-order valence-corrected chi connectivity index (χ1v) is 15.3. The van der Waals surface area contributed by atoms with Crippen molar-refractivity contribution in [3.63, 3.8) is 0 Å². The summed E-state index contributed by atoms with van der Waals surface area (Å²) in [4.78, 5) is 37.0. The molecule has 0 saturated carbocycles. The second kappa shape index (κ2) is 19.8. The van der Waals surface area contributed by atoms with Crippen molar-refractivity contribution in [2.24, 2.45) is 0 Å². The number of carbonyl (C=O) groups excluding carboxylic acids is 3. The molecule has 0 radical (unpaired) electrons. The maximum absolute atomic E-state index is 13.2. The van der Waals surface area contributed by atoms with E-state index in [4.69, 9.17) is 6.64 Å². The van der Waals surface area contributed by atoms with Crippen LogP contribution in [0.25, 0.3) is 0 Å². The summed E-state index contributed by atoms with van der Waals surface area (Å²) in [6.45, 7) is 6.33. The molecule has 0 unspecified atom stereocenters. The third-order valence-electron chi connectivity index (χ3n) is 5.31. The van der Waals surface area contributed by atoms with E-state index in [0.29, 0.717) is 19.3 Å². The van der Waals surface area contributed by atoms with E-state index in [1.54, 1.807) is 0 Å². The van der Waals surface area contributed by atoms with Gasteiger partial charge in [-0.1, -0.05) is 0 Å². The van der Waals surface area contributed by atoms with Crippen LogP contribution in [-0.2, 0) is 41.7 Å². The normalized spacial score (nSPS) is 11.3. The first-order chi connectivity index (χ1) is 14.9. The van der Waals surface area contributed by atoms with Gasteiger partial charge in [-0.05, 0) is 0 Å². The van der Waals surface area contributed by atoms with Crippen molar-refractivity contribution in [3.8, 4) is 0 Å². The first-order valence-electron chi connectivity index (χ1n) is 12.6. The molecule has 6 nitrogen and oxygen atoms in total. The van der Waals surface area contributed by atoms with Gasteiger partial charge >= 0.3 is 194 Å². The molecule has 7 heteroatoms. The van der Waals surface area contributed by atoms with Gasteiger partial charge in [-0.15, -0.1) is 0 Å². The zero-order chi connectivity index (χ0) is 23.4. The van der Waals surface area contributed by atoms with Crippen LogP contribution in [0.5, 0.6) is 0 Å². The van der Waals surface area contributed by atoms with Gasteiger partial charge in [0.25, 0.3) is 0 Å². The van der Waals surface area contributed by atoms with Crippen LogP contribution in [0.15, 0.2) is 0 Å². The SMILES string of the molecule is CCCCCCCC(=O)[O][Ti](=[O])([O]C(=O)CCCCCCC)[C](=O)CCCCCCC. The van der Waals surface area contributed by atoms with E-state index in [-0.39, 0.29) is 19.3 Å². The Morgan fingerprint density at radius 2 is 0.839 bits per heavy atom. The summed E-state index contributed by atoms with van der Waals surface area (Å²) in [5.41, 5.74) is 0. The minimum atomic E-state index is -5.39. The number of carbonyl (C=O) groups is 3. The number of hydrogen-bond donors (Lipinski definition) is 0. The standard InChI is InChI=1S/2C8H16O2.C8H15O.O.Ti/c2*1-2-3-4-5-6-7-8(9)10;1-2-3-4-5-6-7-8-9;;/h2*2-7H2,1H3,(H,9,10);2-7H2,1H3;;/q;;;;+2/p-2. The average Bonchev–Trinajstić information content (AvgIpc) is 2.73. The van der Waals surface area contributed by atoms with Gasteiger partial charge < -0.3 is 0 Å². The Kier molecular flexibility index (Phi) is 19.2. The summed E-state index contributed by atoms with van der Waals surface area (Å²) in [5.74, 6) is -1.39. The Morgan fingerprint density at radius 3 is 1.19 bits per heavy atom. The second-order valence-electron chi connectivity index (χ2n) is 8.42. The Bertz CT molecular complexity index is 514. The van der Waals surface area contributed by atoms with Crippen molar-refractivity contribution in [1.82, 2.24) is 0 Å². The van der Waals surface area contributed by atoms with Crippen molar-refractivity contribution in [2.45, 2.75) is 136 Å². The van der Waals surface area contributed by atoms with Crippen LogP contribution in [0.4, 0.5) is 0 Å². The zero-order valence-corrected chi connectivity index (χ0v) is 21.7. The Labute approximate surface area is 193 Å². The van der Waals surface area contributed by atoms with Crippen LogP contribution in [0.2, 0.25) is 0 Å². The van der Waals surface area contributed by atoms with Crippen LogP contribution >= 0.6 is 0 Å². The molecule has 0 aromatic rings. The number of rotatable bonds is 21.